The summed E-state index contributed by atoms with van der Waals surface area (Å²) in [7, 11) is 0. The first kappa shape index (κ1) is 8.62. The fraction of sp³-hybridized carbons (Fsp3) is 0.100. The van der Waals surface area contributed by atoms with E-state index in [4.69, 9.17) is 5.73 Å². The lowest BCUT2D eigenvalue weighted by molar-refractivity contribution is 0.986. The molecule has 2 rings (SSSR count). The number of hydrogen-bond acceptors (Lipinski definition) is 4. The summed E-state index contributed by atoms with van der Waals surface area (Å²) in [6.07, 6.45) is 1.43. The summed E-state index contributed by atoms with van der Waals surface area (Å²) < 4.78 is 0. The maximum Gasteiger partial charge on any atom is 0.183 e. The van der Waals surface area contributed by atoms with Crippen LogP contribution >= 0.6 is 0 Å². The predicted octanol–water partition coefficient (Wildman–Crippen LogP) is 1.43. The van der Waals surface area contributed by atoms with Crippen LogP contribution < -0.4 is 5.73 Å². The normalized spacial score (nSPS) is 10.1. The molecule has 0 bridgehead atoms. The number of nitrogens with two attached hydrogens (primary N) is 1. The van der Waals surface area contributed by atoms with Crippen LogP contribution in [0.1, 0.15) is 5.56 Å². The molecule has 4 nitrogen and oxygen atoms in total. The molecule has 2 N–H and O–H groups in total. The zero-order valence-electron chi connectivity index (χ0n) is 7.81. The van der Waals surface area contributed by atoms with Crippen molar-refractivity contribution < 1.29 is 0 Å². The van der Waals surface area contributed by atoms with E-state index in [1.807, 2.05) is 31.2 Å². The fourth-order valence-electron chi connectivity index (χ4n) is 1.22. The molecule has 14 heavy (non-hydrogen) atoms. The molecule has 0 saturated heterocycles. The first-order valence-corrected chi connectivity index (χ1v) is 4.28. The van der Waals surface area contributed by atoms with Crippen molar-refractivity contribution in [1.29, 1.82) is 0 Å². The van der Waals surface area contributed by atoms with Crippen molar-refractivity contribution in [3.63, 3.8) is 0 Å². The van der Waals surface area contributed by atoms with Gasteiger partial charge in [0.15, 0.2) is 5.82 Å². The summed E-state index contributed by atoms with van der Waals surface area (Å²) in [5, 5.41) is 7.66. The highest BCUT2D eigenvalue weighted by molar-refractivity contribution is 5.56. The molecule has 0 atom stereocenters. The molecule has 0 radical (unpaired) electrons. The van der Waals surface area contributed by atoms with Crippen molar-refractivity contribution in [3.05, 3.63) is 36.0 Å². The zero-order chi connectivity index (χ0) is 9.97. The van der Waals surface area contributed by atoms with Crippen LogP contribution in [0, 0.1) is 6.92 Å². The van der Waals surface area contributed by atoms with Gasteiger partial charge in [0.25, 0.3) is 0 Å². The summed E-state index contributed by atoms with van der Waals surface area (Å²) in [6.45, 7) is 2.02. The van der Waals surface area contributed by atoms with Crippen molar-refractivity contribution >= 4 is 5.82 Å². The number of nitrogen functional groups attached to an aromatic ring is 1. The van der Waals surface area contributed by atoms with Gasteiger partial charge in [0.1, 0.15) is 5.82 Å². The van der Waals surface area contributed by atoms with Gasteiger partial charge in [0.2, 0.25) is 0 Å². The van der Waals surface area contributed by atoms with Crippen LogP contribution in [0.25, 0.3) is 11.4 Å². The Morgan fingerprint density at radius 1 is 1.29 bits per heavy atom. The van der Waals surface area contributed by atoms with Gasteiger partial charge in [-0.2, -0.15) is 5.10 Å². The molecule has 0 spiro atoms. The zero-order valence-corrected chi connectivity index (χ0v) is 7.81. The number of aryl methyl sites for hydroxylation is 1. The molecule has 0 fully saturated rings. The molecule has 0 unspecified atom stereocenters. The maximum absolute atomic E-state index is 5.52. The van der Waals surface area contributed by atoms with E-state index < -0.39 is 0 Å². The van der Waals surface area contributed by atoms with Crippen LogP contribution in [0.2, 0.25) is 0 Å². The second-order valence-corrected chi connectivity index (χ2v) is 3.07. The Kier molecular flexibility index (Phi) is 2.10. The Hall–Kier alpha value is -1.97. The van der Waals surface area contributed by atoms with Crippen LogP contribution in [0.4, 0.5) is 5.82 Å². The van der Waals surface area contributed by atoms with Gasteiger partial charge in [-0.05, 0) is 13.0 Å². The summed E-state index contributed by atoms with van der Waals surface area (Å²) in [4.78, 5) is 4.09. The largest absolute Gasteiger partial charge is 0.382 e. The topological polar surface area (TPSA) is 64.7 Å². The fourth-order valence-corrected chi connectivity index (χ4v) is 1.22. The Morgan fingerprint density at radius 3 is 2.86 bits per heavy atom. The van der Waals surface area contributed by atoms with Crippen molar-refractivity contribution in [2.24, 2.45) is 0 Å². The molecule has 4 heteroatoms. The minimum absolute atomic E-state index is 0.386. The molecule has 0 aliphatic rings. The lowest BCUT2D eigenvalue weighted by atomic mass is 10.1. The third-order valence-corrected chi connectivity index (χ3v) is 1.85. The van der Waals surface area contributed by atoms with Crippen LogP contribution in [-0.4, -0.2) is 15.2 Å². The van der Waals surface area contributed by atoms with Gasteiger partial charge >= 0.3 is 0 Å². The minimum Gasteiger partial charge on any atom is -0.382 e. The van der Waals surface area contributed by atoms with E-state index in [1.165, 1.54) is 6.20 Å². The van der Waals surface area contributed by atoms with Gasteiger partial charge < -0.3 is 5.73 Å². The summed E-state index contributed by atoms with van der Waals surface area (Å²) in [6, 6.07) is 7.90. The quantitative estimate of drug-likeness (QED) is 0.731. The molecule has 0 saturated carbocycles. The number of nitrogens with zero attached hydrogens (tertiary/aromatic N) is 3. The Bertz CT molecular complexity index is 410. The highest BCUT2D eigenvalue weighted by Crippen LogP contribution is 2.15. The lowest BCUT2D eigenvalue weighted by Crippen LogP contribution is -1.97. The second kappa shape index (κ2) is 3.41. The van der Waals surface area contributed by atoms with E-state index in [1.54, 1.807) is 0 Å². The minimum atomic E-state index is 0.386. The van der Waals surface area contributed by atoms with Crippen molar-refractivity contribution in [3.8, 4) is 11.4 Å². The van der Waals surface area contributed by atoms with Gasteiger partial charge in [0.05, 0.1) is 6.20 Å². The molecular formula is C10H10N4. The SMILES string of the molecule is Cc1cccc(-c2nncc(N)n2)c1. The average Bonchev–Trinajstić information content (AvgIpc) is 2.18. The number of rotatable bonds is 1. The third kappa shape index (κ3) is 1.69. The van der Waals surface area contributed by atoms with Gasteiger partial charge in [0, 0.05) is 5.56 Å². The number of benzene rings is 1. The smallest absolute Gasteiger partial charge is 0.183 e. The average molecular weight is 186 g/mol. The molecule has 2 aromatic rings. The van der Waals surface area contributed by atoms with E-state index in [0.29, 0.717) is 11.6 Å². The molecule has 1 heterocycles. The first-order valence-electron chi connectivity index (χ1n) is 4.28. The number of aromatic nitrogens is 3. The van der Waals surface area contributed by atoms with Gasteiger partial charge in [-0.1, -0.05) is 23.8 Å². The van der Waals surface area contributed by atoms with Gasteiger partial charge in [-0.3, -0.25) is 0 Å². The van der Waals surface area contributed by atoms with Crippen molar-refractivity contribution in [2.45, 2.75) is 6.92 Å². The van der Waals surface area contributed by atoms with Crippen molar-refractivity contribution in [2.75, 3.05) is 5.73 Å². The summed E-state index contributed by atoms with van der Waals surface area (Å²) in [5.41, 5.74) is 7.62. The first-order chi connectivity index (χ1) is 6.75. The van der Waals surface area contributed by atoms with Gasteiger partial charge in [-0.25, -0.2) is 4.98 Å². The second-order valence-electron chi connectivity index (χ2n) is 3.07. The molecule has 1 aromatic heterocycles. The van der Waals surface area contributed by atoms with Gasteiger partial charge in [-0.15, -0.1) is 5.10 Å². The van der Waals surface area contributed by atoms with Crippen LogP contribution in [0.3, 0.4) is 0 Å². The Balaban J connectivity index is 2.49. The van der Waals surface area contributed by atoms with E-state index in [2.05, 4.69) is 15.2 Å². The van der Waals surface area contributed by atoms with E-state index in [-0.39, 0.29) is 0 Å². The van der Waals surface area contributed by atoms with Crippen LogP contribution in [0.15, 0.2) is 30.5 Å². The summed E-state index contributed by atoms with van der Waals surface area (Å²) in [5.74, 6) is 0.949. The molecule has 1 aromatic carbocycles. The molecular weight excluding hydrogens is 176 g/mol. The third-order valence-electron chi connectivity index (χ3n) is 1.85. The standard InChI is InChI=1S/C10H10N4/c1-7-3-2-4-8(5-7)10-13-9(11)6-12-14-10/h2-6H,1H3,(H2,11,13,14). The van der Waals surface area contributed by atoms with Crippen molar-refractivity contribution in [1.82, 2.24) is 15.2 Å². The Labute approximate surface area is 81.8 Å². The van der Waals surface area contributed by atoms with Crippen LogP contribution in [0.5, 0.6) is 0 Å². The van der Waals surface area contributed by atoms with Crippen LogP contribution in [-0.2, 0) is 0 Å². The number of anilines is 1. The Morgan fingerprint density at radius 2 is 2.14 bits per heavy atom. The highest BCUT2D eigenvalue weighted by atomic mass is 15.2. The molecule has 0 aliphatic carbocycles. The lowest BCUT2D eigenvalue weighted by Gasteiger charge is -2.00. The summed E-state index contributed by atoms with van der Waals surface area (Å²) >= 11 is 0. The highest BCUT2D eigenvalue weighted by Gasteiger charge is 2.01. The maximum atomic E-state index is 5.52. The van der Waals surface area contributed by atoms with E-state index in [0.717, 1.165) is 11.1 Å². The van der Waals surface area contributed by atoms with E-state index in [9.17, 15) is 0 Å². The monoisotopic (exact) mass is 186 g/mol. The molecule has 0 aliphatic heterocycles. The molecule has 70 valence electrons. The predicted molar refractivity (Wildman–Crippen MR) is 54.4 cm³/mol. The molecule has 0 amide bonds. The number of hydrogen-bond donors (Lipinski definition) is 1. The van der Waals surface area contributed by atoms with E-state index >= 15 is 0 Å².